The number of aliphatic hydroxyl groups excluding tert-OH is 1. The zero-order valence-corrected chi connectivity index (χ0v) is 17.1. The molecule has 146 valence electrons. The Balaban J connectivity index is 2.74. The monoisotopic (exact) mass is 362 g/mol. The summed E-state index contributed by atoms with van der Waals surface area (Å²) in [6.07, 6.45) is -0.144. The van der Waals surface area contributed by atoms with Gasteiger partial charge in [-0.2, -0.15) is 5.26 Å². The Morgan fingerprint density at radius 3 is 2.46 bits per heavy atom. The highest BCUT2D eigenvalue weighted by Crippen LogP contribution is 2.34. The minimum absolute atomic E-state index is 0.0920. The van der Waals surface area contributed by atoms with Gasteiger partial charge in [-0.15, -0.1) is 0 Å². The molecule has 0 saturated carbocycles. The molecule has 1 unspecified atom stereocenters. The van der Waals surface area contributed by atoms with Crippen LogP contribution in [0.15, 0.2) is 18.2 Å². The lowest BCUT2D eigenvalue weighted by Crippen LogP contribution is -2.38. The van der Waals surface area contributed by atoms with Crippen molar-refractivity contribution < 1.29 is 14.6 Å². The van der Waals surface area contributed by atoms with Gasteiger partial charge in [-0.05, 0) is 29.5 Å². The van der Waals surface area contributed by atoms with E-state index >= 15 is 0 Å². The van der Waals surface area contributed by atoms with Gasteiger partial charge in [-0.25, -0.2) is 0 Å². The van der Waals surface area contributed by atoms with Crippen LogP contribution in [-0.2, 0) is 5.41 Å². The molecule has 1 rings (SSSR count). The Labute approximate surface area is 158 Å². The molecular weight excluding hydrogens is 328 g/mol. The van der Waals surface area contributed by atoms with Crippen molar-refractivity contribution in [3.05, 3.63) is 23.8 Å². The Morgan fingerprint density at radius 2 is 1.92 bits per heavy atom. The molecule has 1 atom stereocenters. The van der Waals surface area contributed by atoms with E-state index in [4.69, 9.17) is 14.7 Å². The van der Waals surface area contributed by atoms with Crippen LogP contribution in [0.3, 0.4) is 0 Å². The van der Waals surface area contributed by atoms with E-state index in [0.29, 0.717) is 25.4 Å². The first-order valence-electron chi connectivity index (χ1n) is 9.26. The summed E-state index contributed by atoms with van der Waals surface area (Å²) in [4.78, 5) is 2.13. The van der Waals surface area contributed by atoms with Crippen molar-refractivity contribution in [3.8, 4) is 17.6 Å². The average molecular weight is 363 g/mol. The van der Waals surface area contributed by atoms with Crippen LogP contribution in [0.25, 0.3) is 0 Å². The maximum Gasteiger partial charge on any atom is 0.123 e. The number of aliphatic hydroxyl groups is 1. The molecular formula is C21H34N2O3. The predicted octanol–water partition coefficient (Wildman–Crippen LogP) is 3.60. The molecule has 0 aliphatic carbocycles. The van der Waals surface area contributed by atoms with Crippen LogP contribution in [0, 0.1) is 17.2 Å². The number of ether oxygens (including phenoxy) is 2. The van der Waals surface area contributed by atoms with Crippen molar-refractivity contribution in [1.82, 2.24) is 4.90 Å². The molecule has 0 bridgehead atoms. The molecule has 0 radical (unpaired) electrons. The second-order valence-electron chi connectivity index (χ2n) is 8.14. The van der Waals surface area contributed by atoms with Gasteiger partial charge in [0, 0.05) is 31.6 Å². The first kappa shape index (κ1) is 22.3. The Kier molecular flexibility index (Phi) is 8.91. The normalized spacial score (nSPS) is 12.9. The van der Waals surface area contributed by atoms with E-state index in [1.165, 1.54) is 0 Å². The van der Waals surface area contributed by atoms with Crippen LogP contribution >= 0.6 is 0 Å². The van der Waals surface area contributed by atoms with Gasteiger partial charge in [-0.3, -0.25) is 4.90 Å². The van der Waals surface area contributed by atoms with Crippen LogP contribution in [0.4, 0.5) is 0 Å². The van der Waals surface area contributed by atoms with E-state index in [9.17, 15) is 5.11 Å². The van der Waals surface area contributed by atoms with Gasteiger partial charge in [0.1, 0.15) is 24.2 Å². The van der Waals surface area contributed by atoms with Crippen LogP contribution in [-0.4, -0.2) is 49.5 Å². The molecule has 0 heterocycles. The molecule has 0 aromatic heterocycles. The fraction of sp³-hybridized carbons (Fsp3) is 0.667. The molecule has 1 aromatic carbocycles. The highest BCUT2D eigenvalue weighted by Gasteiger charge is 2.21. The van der Waals surface area contributed by atoms with Crippen LogP contribution in [0.1, 0.15) is 46.6 Å². The SMILES string of the molecule is COc1ccc(OCC(O)CN(CCC#N)CC(C)C)c(C(C)(C)C)c1. The molecule has 1 aromatic rings. The van der Waals surface area contributed by atoms with Gasteiger partial charge in [0.25, 0.3) is 0 Å². The lowest BCUT2D eigenvalue weighted by Gasteiger charge is -2.27. The van der Waals surface area contributed by atoms with E-state index in [1.54, 1.807) is 7.11 Å². The second kappa shape index (κ2) is 10.4. The van der Waals surface area contributed by atoms with Crippen molar-refractivity contribution in [3.63, 3.8) is 0 Å². The fourth-order valence-corrected chi connectivity index (χ4v) is 2.87. The molecule has 0 amide bonds. The quantitative estimate of drug-likeness (QED) is 0.689. The summed E-state index contributed by atoms with van der Waals surface area (Å²) in [6, 6.07) is 7.92. The molecule has 26 heavy (non-hydrogen) atoms. The number of hydrogen-bond donors (Lipinski definition) is 1. The highest BCUT2D eigenvalue weighted by molar-refractivity contribution is 5.44. The van der Waals surface area contributed by atoms with E-state index in [0.717, 1.165) is 23.6 Å². The molecule has 5 heteroatoms. The van der Waals surface area contributed by atoms with Gasteiger partial charge in [0.15, 0.2) is 0 Å². The highest BCUT2D eigenvalue weighted by atomic mass is 16.5. The van der Waals surface area contributed by atoms with Crippen molar-refractivity contribution in [1.29, 1.82) is 5.26 Å². The first-order chi connectivity index (χ1) is 12.2. The van der Waals surface area contributed by atoms with Crippen LogP contribution in [0.5, 0.6) is 11.5 Å². The molecule has 1 N–H and O–H groups in total. The molecule has 0 aliphatic heterocycles. The number of hydrogen-bond acceptors (Lipinski definition) is 5. The predicted molar refractivity (Wildman–Crippen MR) is 105 cm³/mol. The summed E-state index contributed by atoms with van der Waals surface area (Å²) < 4.78 is 11.3. The third-order valence-electron chi connectivity index (χ3n) is 4.06. The third-order valence-corrected chi connectivity index (χ3v) is 4.06. The summed E-state index contributed by atoms with van der Waals surface area (Å²) >= 11 is 0. The summed E-state index contributed by atoms with van der Waals surface area (Å²) in [7, 11) is 1.65. The molecule has 0 fully saturated rings. The second-order valence-corrected chi connectivity index (χ2v) is 8.14. The lowest BCUT2D eigenvalue weighted by atomic mass is 9.86. The largest absolute Gasteiger partial charge is 0.497 e. The zero-order valence-electron chi connectivity index (χ0n) is 17.1. The van der Waals surface area contributed by atoms with Gasteiger partial charge in [-0.1, -0.05) is 34.6 Å². The maximum absolute atomic E-state index is 10.4. The van der Waals surface area contributed by atoms with E-state index < -0.39 is 6.10 Å². The number of methoxy groups -OCH3 is 1. The van der Waals surface area contributed by atoms with Crippen molar-refractivity contribution in [2.45, 2.75) is 52.6 Å². The Morgan fingerprint density at radius 1 is 1.23 bits per heavy atom. The van der Waals surface area contributed by atoms with Crippen molar-refractivity contribution in [2.24, 2.45) is 5.92 Å². The van der Waals surface area contributed by atoms with E-state index in [-0.39, 0.29) is 12.0 Å². The number of nitriles is 1. The maximum atomic E-state index is 10.4. The van der Waals surface area contributed by atoms with Gasteiger partial charge < -0.3 is 14.6 Å². The molecule has 5 nitrogen and oxygen atoms in total. The number of rotatable bonds is 10. The van der Waals surface area contributed by atoms with Crippen LogP contribution in [0.2, 0.25) is 0 Å². The zero-order chi connectivity index (χ0) is 19.7. The summed E-state index contributed by atoms with van der Waals surface area (Å²) in [6.45, 7) is 12.9. The standard InChI is InChI=1S/C21H34N2O3/c1-16(2)13-23(11-7-10-22)14-17(24)15-26-20-9-8-18(25-6)12-19(20)21(3,4)5/h8-9,12,16-17,24H,7,11,13-15H2,1-6H3. The van der Waals surface area contributed by atoms with Crippen molar-refractivity contribution in [2.75, 3.05) is 33.4 Å². The molecule has 0 aliphatic rings. The van der Waals surface area contributed by atoms with Gasteiger partial charge >= 0.3 is 0 Å². The minimum Gasteiger partial charge on any atom is -0.497 e. The van der Waals surface area contributed by atoms with Gasteiger partial charge in [0.05, 0.1) is 13.2 Å². The Bertz CT molecular complexity index is 588. The smallest absolute Gasteiger partial charge is 0.123 e. The topological polar surface area (TPSA) is 65.7 Å². The average Bonchev–Trinajstić information content (AvgIpc) is 2.56. The fourth-order valence-electron chi connectivity index (χ4n) is 2.87. The summed E-state index contributed by atoms with van der Waals surface area (Å²) in [5, 5.41) is 19.2. The molecule has 0 saturated heterocycles. The number of benzene rings is 1. The van der Waals surface area contributed by atoms with E-state index in [2.05, 4.69) is 45.6 Å². The number of nitrogens with zero attached hydrogens (tertiary/aromatic N) is 2. The minimum atomic E-state index is -0.609. The lowest BCUT2D eigenvalue weighted by molar-refractivity contribution is 0.0643. The first-order valence-corrected chi connectivity index (χ1v) is 9.26. The van der Waals surface area contributed by atoms with Crippen LogP contribution < -0.4 is 9.47 Å². The Hall–Kier alpha value is -1.77. The van der Waals surface area contributed by atoms with Crippen molar-refractivity contribution >= 4 is 0 Å². The molecule has 0 spiro atoms. The van der Waals surface area contributed by atoms with Gasteiger partial charge in [0.2, 0.25) is 0 Å². The third kappa shape index (κ3) is 7.63. The summed E-state index contributed by atoms with van der Waals surface area (Å²) in [5.41, 5.74) is 0.957. The summed E-state index contributed by atoms with van der Waals surface area (Å²) in [5.74, 6) is 2.04. The van der Waals surface area contributed by atoms with E-state index in [1.807, 2.05) is 18.2 Å².